The molecule has 1 atom stereocenters. The molecule has 1 fully saturated rings. The first-order chi connectivity index (χ1) is 8.57. The average Bonchev–Trinajstić information content (AvgIpc) is 2.28. The van der Waals surface area contributed by atoms with Gasteiger partial charge in [-0.25, -0.2) is 0 Å². The van der Waals surface area contributed by atoms with Crippen LogP contribution in [0.5, 0.6) is 0 Å². The van der Waals surface area contributed by atoms with Crippen molar-refractivity contribution >= 4 is 6.21 Å². The smallest absolute Gasteiger partial charge is 0.183 e. The molecule has 2 heterocycles. The molecule has 0 bridgehead atoms. The minimum absolute atomic E-state index is 0.395. The van der Waals surface area contributed by atoms with E-state index in [-0.39, 0.29) is 0 Å². The monoisotopic (exact) mass is 251 g/mol. The lowest BCUT2D eigenvalue weighted by Gasteiger charge is -2.37. The standard InChI is InChI=1S/C13H25N5/c1-10(2)16-12-6-9-15-13(3,18-12)17-11-4-7-14-8-5-11/h6,9-11,14,16-18H,4-5,7-8H2,1-3H3. The van der Waals surface area contributed by atoms with E-state index in [9.17, 15) is 0 Å². The van der Waals surface area contributed by atoms with Gasteiger partial charge in [0.15, 0.2) is 5.79 Å². The molecule has 2 aliphatic heterocycles. The number of piperidine rings is 1. The van der Waals surface area contributed by atoms with Crippen molar-refractivity contribution in [3.05, 3.63) is 11.9 Å². The third-order valence-corrected chi connectivity index (χ3v) is 3.22. The molecule has 0 spiro atoms. The predicted molar refractivity (Wildman–Crippen MR) is 75.4 cm³/mol. The summed E-state index contributed by atoms with van der Waals surface area (Å²) in [7, 11) is 0. The Balaban J connectivity index is 1.91. The Hall–Kier alpha value is -1.07. The van der Waals surface area contributed by atoms with Crippen LogP contribution in [0.25, 0.3) is 0 Å². The highest BCUT2D eigenvalue weighted by Crippen LogP contribution is 2.13. The van der Waals surface area contributed by atoms with E-state index >= 15 is 0 Å². The van der Waals surface area contributed by atoms with E-state index < -0.39 is 5.79 Å². The van der Waals surface area contributed by atoms with Crippen molar-refractivity contribution in [3.8, 4) is 0 Å². The van der Waals surface area contributed by atoms with E-state index in [4.69, 9.17) is 0 Å². The van der Waals surface area contributed by atoms with Crippen molar-refractivity contribution in [3.63, 3.8) is 0 Å². The Kier molecular flexibility index (Phi) is 4.24. The van der Waals surface area contributed by atoms with Gasteiger partial charge < -0.3 is 16.0 Å². The molecule has 0 radical (unpaired) electrons. The molecule has 0 saturated carbocycles. The Labute approximate surface area is 110 Å². The SMILES string of the molecule is CC(C)NC1=CC=NC(C)(NC2CCNCC2)N1. The van der Waals surface area contributed by atoms with Crippen LogP contribution in [0.2, 0.25) is 0 Å². The zero-order valence-corrected chi connectivity index (χ0v) is 11.6. The number of aliphatic imine (C=N–C) groups is 1. The summed E-state index contributed by atoms with van der Waals surface area (Å²) in [5.74, 6) is 0.637. The first-order valence-corrected chi connectivity index (χ1v) is 6.86. The summed E-state index contributed by atoms with van der Waals surface area (Å²) in [4.78, 5) is 4.53. The summed E-state index contributed by atoms with van der Waals surface area (Å²) in [5.41, 5.74) is 0. The third kappa shape index (κ3) is 3.71. The lowest BCUT2D eigenvalue weighted by Crippen LogP contribution is -2.60. The van der Waals surface area contributed by atoms with Gasteiger partial charge in [-0.05, 0) is 52.8 Å². The van der Waals surface area contributed by atoms with Crippen molar-refractivity contribution in [2.45, 2.75) is 51.5 Å². The maximum atomic E-state index is 4.53. The molecule has 0 aliphatic carbocycles. The van der Waals surface area contributed by atoms with Gasteiger partial charge in [-0.1, -0.05) is 0 Å². The summed E-state index contributed by atoms with van der Waals surface area (Å²) in [6.45, 7) is 8.52. The van der Waals surface area contributed by atoms with Gasteiger partial charge in [-0.15, -0.1) is 0 Å². The molecule has 4 N–H and O–H groups in total. The van der Waals surface area contributed by atoms with E-state index in [0.29, 0.717) is 12.1 Å². The molecule has 5 heteroatoms. The number of nitrogens with one attached hydrogen (secondary N) is 4. The van der Waals surface area contributed by atoms with Crippen LogP contribution in [0.3, 0.4) is 0 Å². The molecular formula is C13H25N5. The van der Waals surface area contributed by atoms with E-state index in [2.05, 4.69) is 47.0 Å². The quantitative estimate of drug-likeness (QED) is 0.588. The van der Waals surface area contributed by atoms with Gasteiger partial charge in [0.1, 0.15) is 5.82 Å². The molecule has 1 unspecified atom stereocenters. The zero-order chi connectivity index (χ0) is 13.0. The first kappa shape index (κ1) is 13.4. The second-order valence-corrected chi connectivity index (χ2v) is 5.52. The summed E-state index contributed by atoms with van der Waals surface area (Å²) >= 11 is 0. The van der Waals surface area contributed by atoms with E-state index in [0.717, 1.165) is 31.8 Å². The average molecular weight is 251 g/mol. The van der Waals surface area contributed by atoms with Crippen LogP contribution in [0, 0.1) is 0 Å². The van der Waals surface area contributed by atoms with E-state index in [1.807, 2.05) is 12.3 Å². The molecule has 18 heavy (non-hydrogen) atoms. The maximum Gasteiger partial charge on any atom is 0.183 e. The highest BCUT2D eigenvalue weighted by Gasteiger charge is 2.28. The van der Waals surface area contributed by atoms with Crippen LogP contribution in [0.15, 0.2) is 16.9 Å². The normalized spacial score (nSPS) is 29.0. The van der Waals surface area contributed by atoms with Gasteiger partial charge in [-0.3, -0.25) is 10.3 Å². The van der Waals surface area contributed by atoms with Gasteiger partial charge >= 0.3 is 0 Å². The maximum absolute atomic E-state index is 4.53. The molecule has 102 valence electrons. The van der Waals surface area contributed by atoms with E-state index in [1.54, 1.807) is 0 Å². The van der Waals surface area contributed by atoms with E-state index in [1.165, 1.54) is 0 Å². The van der Waals surface area contributed by atoms with Crippen LogP contribution in [-0.4, -0.2) is 37.2 Å². The molecule has 0 amide bonds. The highest BCUT2D eigenvalue weighted by molar-refractivity contribution is 5.73. The second kappa shape index (κ2) is 5.71. The van der Waals surface area contributed by atoms with Crippen LogP contribution >= 0.6 is 0 Å². The molecule has 5 nitrogen and oxygen atoms in total. The highest BCUT2D eigenvalue weighted by atomic mass is 15.4. The Bertz CT molecular complexity index is 330. The molecule has 0 aromatic rings. The van der Waals surface area contributed by atoms with Crippen LogP contribution in [0.1, 0.15) is 33.6 Å². The van der Waals surface area contributed by atoms with Gasteiger partial charge in [0, 0.05) is 18.3 Å². The van der Waals surface area contributed by atoms with Gasteiger partial charge in [0.2, 0.25) is 0 Å². The number of hydrogen-bond acceptors (Lipinski definition) is 5. The van der Waals surface area contributed by atoms with Crippen molar-refractivity contribution in [2.75, 3.05) is 13.1 Å². The van der Waals surface area contributed by atoms with Crippen molar-refractivity contribution in [1.82, 2.24) is 21.3 Å². The second-order valence-electron chi connectivity index (χ2n) is 5.52. The van der Waals surface area contributed by atoms with Crippen molar-refractivity contribution in [2.24, 2.45) is 4.99 Å². The van der Waals surface area contributed by atoms with Crippen LogP contribution < -0.4 is 21.3 Å². The summed E-state index contributed by atoms with van der Waals surface area (Å²) in [5, 5.41) is 13.8. The number of hydrogen-bond donors (Lipinski definition) is 4. The molecule has 1 saturated heterocycles. The van der Waals surface area contributed by atoms with Crippen molar-refractivity contribution in [1.29, 1.82) is 0 Å². The minimum Gasteiger partial charge on any atom is -0.370 e. The topological polar surface area (TPSA) is 60.5 Å². The van der Waals surface area contributed by atoms with Crippen LogP contribution in [-0.2, 0) is 0 Å². The lowest BCUT2D eigenvalue weighted by molar-refractivity contribution is 0.242. The molecule has 0 aromatic carbocycles. The summed E-state index contributed by atoms with van der Waals surface area (Å²) in [6, 6.07) is 0.942. The number of rotatable bonds is 4. The fraction of sp³-hybridized carbons (Fsp3) is 0.769. The molecular weight excluding hydrogens is 226 g/mol. The number of allylic oxidation sites excluding steroid dienone is 1. The van der Waals surface area contributed by atoms with Gasteiger partial charge in [0.25, 0.3) is 0 Å². The fourth-order valence-electron chi connectivity index (χ4n) is 2.43. The van der Waals surface area contributed by atoms with Gasteiger partial charge in [0.05, 0.1) is 0 Å². The molecule has 2 rings (SSSR count). The summed E-state index contributed by atoms with van der Waals surface area (Å²) < 4.78 is 0. The van der Waals surface area contributed by atoms with Gasteiger partial charge in [-0.2, -0.15) is 0 Å². The molecule has 0 aromatic heterocycles. The Morgan fingerprint density at radius 2 is 2.11 bits per heavy atom. The lowest BCUT2D eigenvalue weighted by atomic mass is 10.1. The largest absolute Gasteiger partial charge is 0.370 e. The zero-order valence-electron chi connectivity index (χ0n) is 11.6. The van der Waals surface area contributed by atoms with Crippen molar-refractivity contribution < 1.29 is 0 Å². The third-order valence-electron chi connectivity index (χ3n) is 3.22. The predicted octanol–water partition coefficient (Wildman–Crippen LogP) is 0.515. The van der Waals surface area contributed by atoms with Crippen LogP contribution in [0.4, 0.5) is 0 Å². The first-order valence-electron chi connectivity index (χ1n) is 6.86. The number of nitrogens with zero attached hydrogens (tertiary/aromatic N) is 1. The Morgan fingerprint density at radius 3 is 2.78 bits per heavy atom. The Morgan fingerprint density at radius 1 is 1.39 bits per heavy atom. The fourth-order valence-corrected chi connectivity index (χ4v) is 2.43. The minimum atomic E-state index is -0.395. The molecule has 2 aliphatic rings. The summed E-state index contributed by atoms with van der Waals surface area (Å²) in [6.07, 6.45) is 6.16.